The first-order chi connectivity index (χ1) is 16.1. The van der Waals surface area contributed by atoms with Crippen LogP contribution in [-0.4, -0.2) is 56.1 Å². The molecule has 0 saturated heterocycles. The number of nitrogens with zero attached hydrogens (tertiary/aromatic N) is 4. The number of alkyl halides is 2. The predicted molar refractivity (Wildman–Crippen MR) is 123 cm³/mol. The molecule has 3 heterocycles. The van der Waals surface area contributed by atoms with Gasteiger partial charge in [-0.1, -0.05) is 0 Å². The second-order valence-corrected chi connectivity index (χ2v) is 9.21. The van der Waals surface area contributed by atoms with Gasteiger partial charge in [0, 0.05) is 36.6 Å². The van der Waals surface area contributed by atoms with Crippen molar-refractivity contribution in [3.05, 3.63) is 47.9 Å². The van der Waals surface area contributed by atoms with Crippen LogP contribution in [0.25, 0.3) is 16.9 Å². The van der Waals surface area contributed by atoms with Crippen LogP contribution in [0.15, 0.2) is 36.8 Å². The number of carbonyl (C=O) groups is 1. The SMILES string of the molecule is CC(C)(O)C(F)CNC(=O)c1cnc(-n2ccc3cc(C#N)cnc32)cc1NCC1(F)CCC1. The second-order valence-electron chi connectivity index (χ2n) is 9.21. The maximum atomic E-state index is 14.7. The van der Waals surface area contributed by atoms with Crippen molar-refractivity contribution >= 4 is 22.6 Å². The fourth-order valence-corrected chi connectivity index (χ4v) is 3.69. The largest absolute Gasteiger partial charge is 0.387 e. The molecule has 0 spiro atoms. The van der Waals surface area contributed by atoms with E-state index in [-0.39, 0.29) is 18.7 Å². The average molecular weight is 469 g/mol. The fraction of sp³-hybridized carbons (Fsp3) is 0.417. The average Bonchev–Trinajstić information content (AvgIpc) is 3.22. The Morgan fingerprint density at radius 2 is 2.12 bits per heavy atom. The normalized spacial score (nSPS) is 15.9. The third kappa shape index (κ3) is 4.84. The van der Waals surface area contributed by atoms with E-state index in [0.717, 1.165) is 11.8 Å². The molecular weight excluding hydrogens is 442 g/mol. The number of nitriles is 1. The quantitative estimate of drug-likeness (QED) is 0.467. The monoisotopic (exact) mass is 468 g/mol. The van der Waals surface area contributed by atoms with Crippen LogP contribution < -0.4 is 10.6 Å². The van der Waals surface area contributed by atoms with Crippen LogP contribution in [0.2, 0.25) is 0 Å². The summed E-state index contributed by atoms with van der Waals surface area (Å²) in [6.45, 7) is 2.29. The molecule has 3 N–H and O–H groups in total. The molecule has 0 bridgehead atoms. The molecule has 0 radical (unpaired) electrons. The lowest BCUT2D eigenvalue weighted by Gasteiger charge is -2.34. The second kappa shape index (κ2) is 8.99. The van der Waals surface area contributed by atoms with E-state index in [2.05, 4.69) is 20.6 Å². The van der Waals surface area contributed by atoms with Crippen LogP contribution >= 0.6 is 0 Å². The highest BCUT2D eigenvalue weighted by Gasteiger charge is 2.37. The summed E-state index contributed by atoms with van der Waals surface area (Å²) in [4.78, 5) is 21.5. The van der Waals surface area contributed by atoms with E-state index in [9.17, 15) is 18.7 Å². The van der Waals surface area contributed by atoms with Crippen LogP contribution in [0.3, 0.4) is 0 Å². The molecule has 3 aromatic rings. The molecule has 1 aliphatic carbocycles. The third-order valence-electron chi connectivity index (χ3n) is 6.09. The highest BCUT2D eigenvalue weighted by Crippen LogP contribution is 2.36. The number of aromatic nitrogens is 3. The van der Waals surface area contributed by atoms with Crippen molar-refractivity contribution < 1.29 is 18.7 Å². The zero-order valence-electron chi connectivity index (χ0n) is 19.0. The van der Waals surface area contributed by atoms with E-state index in [4.69, 9.17) is 5.26 Å². The Kier molecular flexibility index (Phi) is 6.23. The first-order valence-corrected chi connectivity index (χ1v) is 11.0. The summed E-state index contributed by atoms with van der Waals surface area (Å²) < 4.78 is 30.5. The minimum Gasteiger partial charge on any atom is -0.387 e. The topological polar surface area (TPSA) is 116 Å². The van der Waals surface area contributed by atoms with Crippen molar-refractivity contribution in [2.45, 2.75) is 50.6 Å². The van der Waals surface area contributed by atoms with E-state index < -0.39 is 23.3 Å². The number of nitrogens with one attached hydrogen (secondary N) is 2. The van der Waals surface area contributed by atoms with Crippen molar-refractivity contribution in [1.82, 2.24) is 19.9 Å². The summed E-state index contributed by atoms with van der Waals surface area (Å²) in [5.41, 5.74) is -1.46. The number of hydrogen-bond donors (Lipinski definition) is 3. The van der Waals surface area contributed by atoms with Gasteiger partial charge in [-0.05, 0) is 45.2 Å². The number of fused-ring (bicyclic) bond motifs is 1. The Bertz CT molecular complexity index is 1260. The van der Waals surface area contributed by atoms with Gasteiger partial charge >= 0.3 is 0 Å². The summed E-state index contributed by atoms with van der Waals surface area (Å²) in [6, 6.07) is 7.16. The molecule has 1 unspecified atom stereocenters. The molecule has 1 atom stereocenters. The molecule has 4 rings (SSSR count). The standard InChI is InChI=1S/C24H26F2N6O2/c1-23(2,34)19(25)13-30-22(33)17-12-28-20(9-18(17)31-14-24(26)5-3-6-24)32-7-4-16-8-15(10-27)11-29-21(16)32/h4,7-9,11-12,19,34H,3,5-6,13-14H2,1-2H3,(H,28,31)(H,30,33). The molecule has 10 heteroatoms. The summed E-state index contributed by atoms with van der Waals surface area (Å²) in [5.74, 6) is -0.156. The predicted octanol–water partition coefficient (Wildman–Crippen LogP) is 3.44. The molecule has 0 aromatic carbocycles. The first-order valence-electron chi connectivity index (χ1n) is 11.0. The smallest absolute Gasteiger partial charge is 0.255 e. The zero-order chi connectivity index (χ0) is 24.5. The summed E-state index contributed by atoms with van der Waals surface area (Å²) in [5, 5.41) is 25.1. The minimum atomic E-state index is -1.67. The molecule has 1 amide bonds. The Hall–Kier alpha value is -3.58. The van der Waals surface area contributed by atoms with Crippen molar-refractivity contribution in [3.63, 3.8) is 0 Å². The lowest BCUT2D eigenvalue weighted by Crippen LogP contribution is -2.42. The molecule has 3 aromatic heterocycles. The Balaban J connectivity index is 1.64. The van der Waals surface area contributed by atoms with Crippen molar-refractivity contribution in [2.24, 2.45) is 0 Å². The molecule has 1 saturated carbocycles. The number of amides is 1. The first kappa shape index (κ1) is 23.6. The van der Waals surface area contributed by atoms with E-state index >= 15 is 0 Å². The summed E-state index contributed by atoms with van der Waals surface area (Å²) >= 11 is 0. The van der Waals surface area contributed by atoms with Crippen LogP contribution in [0.5, 0.6) is 0 Å². The number of pyridine rings is 2. The van der Waals surface area contributed by atoms with Gasteiger partial charge in [-0.2, -0.15) is 5.26 Å². The van der Waals surface area contributed by atoms with Crippen molar-refractivity contribution in [3.8, 4) is 11.9 Å². The fourth-order valence-electron chi connectivity index (χ4n) is 3.69. The molecule has 34 heavy (non-hydrogen) atoms. The zero-order valence-corrected chi connectivity index (χ0v) is 19.0. The highest BCUT2D eigenvalue weighted by molar-refractivity contribution is 5.99. The van der Waals surface area contributed by atoms with E-state index in [1.54, 1.807) is 29.0 Å². The molecular formula is C24H26F2N6O2. The van der Waals surface area contributed by atoms with E-state index in [1.807, 2.05) is 6.07 Å². The van der Waals surface area contributed by atoms with Gasteiger partial charge in [0.2, 0.25) is 0 Å². The third-order valence-corrected chi connectivity index (χ3v) is 6.09. The van der Waals surface area contributed by atoms with E-state index in [0.29, 0.717) is 35.6 Å². The van der Waals surface area contributed by atoms with Crippen LogP contribution in [0.1, 0.15) is 49.0 Å². The van der Waals surface area contributed by atoms with Gasteiger partial charge in [-0.3, -0.25) is 9.36 Å². The van der Waals surface area contributed by atoms with Gasteiger partial charge in [-0.15, -0.1) is 0 Å². The summed E-state index contributed by atoms with van der Waals surface area (Å²) in [6.07, 6.45) is 4.58. The van der Waals surface area contributed by atoms with Crippen molar-refractivity contribution in [1.29, 1.82) is 5.26 Å². The van der Waals surface area contributed by atoms with Crippen LogP contribution in [-0.2, 0) is 0 Å². The van der Waals surface area contributed by atoms with Gasteiger partial charge in [0.1, 0.15) is 29.4 Å². The number of aliphatic hydroxyl groups is 1. The minimum absolute atomic E-state index is 0.0301. The lowest BCUT2D eigenvalue weighted by molar-refractivity contribution is -0.00178. The van der Waals surface area contributed by atoms with Gasteiger partial charge in [-0.25, -0.2) is 18.7 Å². The van der Waals surface area contributed by atoms with Crippen molar-refractivity contribution in [2.75, 3.05) is 18.4 Å². The lowest BCUT2D eigenvalue weighted by atomic mass is 9.82. The van der Waals surface area contributed by atoms with Gasteiger partial charge < -0.3 is 15.7 Å². The van der Waals surface area contributed by atoms with Crippen LogP contribution in [0.4, 0.5) is 14.5 Å². The number of hydrogen-bond acceptors (Lipinski definition) is 6. The summed E-state index contributed by atoms with van der Waals surface area (Å²) in [7, 11) is 0. The van der Waals surface area contributed by atoms with Gasteiger partial charge in [0.15, 0.2) is 0 Å². The molecule has 1 fully saturated rings. The molecule has 1 aliphatic rings. The molecule has 8 nitrogen and oxygen atoms in total. The number of rotatable bonds is 8. The Morgan fingerprint density at radius 1 is 1.35 bits per heavy atom. The number of halogens is 2. The molecule has 178 valence electrons. The Morgan fingerprint density at radius 3 is 2.76 bits per heavy atom. The Labute approximate surface area is 195 Å². The number of carbonyl (C=O) groups excluding carboxylic acids is 1. The highest BCUT2D eigenvalue weighted by atomic mass is 19.1. The number of anilines is 1. The van der Waals surface area contributed by atoms with Gasteiger partial charge in [0.05, 0.1) is 29.0 Å². The maximum Gasteiger partial charge on any atom is 0.255 e. The van der Waals surface area contributed by atoms with Crippen LogP contribution in [0, 0.1) is 11.3 Å². The molecule has 0 aliphatic heterocycles. The van der Waals surface area contributed by atoms with Gasteiger partial charge in [0.25, 0.3) is 5.91 Å². The maximum absolute atomic E-state index is 14.7. The van der Waals surface area contributed by atoms with E-state index in [1.165, 1.54) is 26.2 Å².